The molecule has 15 heavy (non-hydrogen) atoms. The van der Waals surface area contributed by atoms with Crippen LogP contribution in [0.15, 0.2) is 0 Å². The summed E-state index contributed by atoms with van der Waals surface area (Å²) in [4.78, 5) is 23.0. The number of nitrogens with zero attached hydrogens (tertiary/aromatic N) is 1. The second-order valence-electron chi connectivity index (χ2n) is 2.64. The molecule has 5 nitrogen and oxygen atoms in total. The zero-order valence-electron chi connectivity index (χ0n) is 9.90. The minimum absolute atomic E-state index is 0.00431. The van der Waals surface area contributed by atoms with Gasteiger partial charge < -0.3 is 21.2 Å². The SMILES string of the molecule is CC.CN.NCC(=O)N1CCCC1C=O. The highest BCUT2D eigenvalue weighted by molar-refractivity contribution is 5.81. The van der Waals surface area contributed by atoms with E-state index in [0.717, 1.165) is 19.1 Å². The van der Waals surface area contributed by atoms with Crippen LogP contribution in [0.3, 0.4) is 0 Å². The Balaban J connectivity index is 0. The van der Waals surface area contributed by atoms with Crippen LogP contribution in [-0.2, 0) is 9.59 Å². The van der Waals surface area contributed by atoms with Crippen molar-refractivity contribution in [2.75, 3.05) is 20.1 Å². The van der Waals surface area contributed by atoms with Crippen LogP contribution in [0.5, 0.6) is 0 Å². The lowest BCUT2D eigenvalue weighted by Crippen LogP contribution is -2.40. The molecule has 1 aliphatic rings. The zero-order chi connectivity index (χ0) is 12.3. The van der Waals surface area contributed by atoms with Gasteiger partial charge in [0.1, 0.15) is 6.29 Å². The first kappa shape index (κ1) is 16.5. The van der Waals surface area contributed by atoms with Gasteiger partial charge in [-0.25, -0.2) is 0 Å². The Hall–Kier alpha value is -0.940. The van der Waals surface area contributed by atoms with E-state index < -0.39 is 0 Å². The fraction of sp³-hybridized carbons (Fsp3) is 0.800. The van der Waals surface area contributed by atoms with Crippen molar-refractivity contribution in [2.24, 2.45) is 11.5 Å². The number of nitrogens with two attached hydrogens (primary N) is 2. The van der Waals surface area contributed by atoms with Crippen LogP contribution in [0.4, 0.5) is 0 Å². The van der Waals surface area contributed by atoms with Gasteiger partial charge in [0.2, 0.25) is 5.91 Å². The molecule has 1 rings (SSSR count). The molecule has 1 saturated heterocycles. The zero-order valence-corrected chi connectivity index (χ0v) is 9.90. The Labute approximate surface area is 91.8 Å². The highest BCUT2D eigenvalue weighted by Gasteiger charge is 2.26. The third-order valence-corrected chi connectivity index (χ3v) is 1.95. The molecule has 0 aromatic rings. The Morgan fingerprint density at radius 1 is 1.47 bits per heavy atom. The number of rotatable bonds is 2. The van der Waals surface area contributed by atoms with Crippen molar-refractivity contribution in [1.29, 1.82) is 0 Å². The normalized spacial score (nSPS) is 18.2. The van der Waals surface area contributed by atoms with Crippen LogP contribution >= 0.6 is 0 Å². The number of hydrogen-bond donors (Lipinski definition) is 2. The molecule has 0 spiro atoms. The summed E-state index contributed by atoms with van der Waals surface area (Å²) < 4.78 is 0. The topological polar surface area (TPSA) is 89.4 Å². The van der Waals surface area contributed by atoms with Gasteiger partial charge >= 0.3 is 0 Å². The van der Waals surface area contributed by atoms with Gasteiger partial charge in [-0.2, -0.15) is 0 Å². The molecule has 0 aliphatic carbocycles. The number of hydrogen-bond acceptors (Lipinski definition) is 4. The number of amides is 1. The first-order valence-electron chi connectivity index (χ1n) is 5.32. The average Bonchev–Trinajstić information content (AvgIpc) is 2.81. The van der Waals surface area contributed by atoms with Gasteiger partial charge in [-0.1, -0.05) is 13.8 Å². The molecule has 1 fully saturated rings. The van der Waals surface area contributed by atoms with Crippen molar-refractivity contribution in [3.8, 4) is 0 Å². The third kappa shape index (κ3) is 5.49. The van der Waals surface area contributed by atoms with Crippen molar-refractivity contribution in [3.05, 3.63) is 0 Å². The van der Waals surface area contributed by atoms with Gasteiger partial charge in [0.05, 0.1) is 12.6 Å². The summed E-state index contributed by atoms with van der Waals surface area (Å²) in [7, 11) is 1.50. The standard InChI is InChI=1S/C7H12N2O2.C2H6.CH5N/c8-4-7(11)9-3-1-2-6(9)5-10;2*1-2/h5-6H,1-4,8H2;1-2H3;2H2,1H3. The lowest BCUT2D eigenvalue weighted by atomic mass is 10.2. The van der Waals surface area contributed by atoms with E-state index in [4.69, 9.17) is 5.73 Å². The quantitative estimate of drug-likeness (QED) is 0.623. The van der Waals surface area contributed by atoms with E-state index in [2.05, 4.69) is 5.73 Å². The maximum atomic E-state index is 11.0. The van der Waals surface area contributed by atoms with Crippen molar-refractivity contribution in [1.82, 2.24) is 4.90 Å². The maximum Gasteiger partial charge on any atom is 0.236 e. The molecule has 1 amide bonds. The molecule has 1 aliphatic heterocycles. The molecule has 0 bridgehead atoms. The summed E-state index contributed by atoms with van der Waals surface area (Å²) in [5.74, 6) is -0.125. The summed E-state index contributed by atoms with van der Waals surface area (Å²) in [6.07, 6.45) is 2.52. The molecule has 90 valence electrons. The van der Waals surface area contributed by atoms with Gasteiger partial charge in [0.15, 0.2) is 0 Å². The molecule has 1 unspecified atom stereocenters. The van der Waals surface area contributed by atoms with Gasteiger partial charge in [-0.15, -0.1) is 0 Å². The fourth-order valence-corrected chi connectivity index (χ4v) is 1.36. The van der Waals surface area contributed by atoms with Crippen LogP contribution in [-0.4, -0.2) is 43.3 Å². The molecule has 5 heteroatoms. The van der Waals surface area contributed by atoms with Crippen LogP contribution in [0.25, 0.3) is 0 Å². The maximum absolute atomic E-state index is 11.0. The number of aldehydes is 1. The predicted octanol–water partition coefficient (Wildman–Crippen LogP) is -0.264. The molecule has 4 N–H and O–H groups in total. The first-order valence-corrected chi connectivity index (χ1v) is 5.32. The smallest absolute Gasteiger partial charge is 0.236 e. The Kier molecular flexibility index (Phi) is 12.2. The summed E-state index contributed by atoms with van der Waals surface area (Å²) in [5.41, 5.74) is 9.66. The molecule has 0 aromatic carbocycles. The van der Waals surface area contributed by atoms with Crippen molar-refractivity contribution in [3.63, 3.8) is 0 Å². The van der Waals surface area contributed by atoms with Gasteiger partial charge in [0, 0.05) is 6.54 Å². The van der Waals surface area contributed by atoms with Crippen molar-refractivity contribution in [2.45, 2.75) is 32.7 Å². The Bertz CT molecular complexity index is 174. The number of carbonyl (C=O) groups is 2. The molecular formula is C10H23N3O2. The lowest BCUT2D eigenvalue weighted by molar-refractivity contribution is -0.133. The van der Waals surface area contributed by atoms with Gasteiger partial charge in [-0.3, -0.25) is 4.79 Å². The van der Waals surface area contributed by atoms with E-state index in [-0.39, 0.29) is 18.5 Å². The van der Waals surface area contributed by atoms with Gasteiger partial charge in [-0.05, 0) is 19.9 Å². The molecule has 0 aromatic heterocycles. The van der Waals surface area contributed by atoms with Crippen LogP contribution in [0.2, 0.25) is 0 Å². The van der Waals surface area contributed by atoms with Crippen LogP contribution in [0.1, 0.15) is 26.7 Å². The minimum Gasteiger partial charge on any atom is -0.333 e. The summed E-state index contributed by atoms with van der Waals surface area (Å²) in [6, 6.07) is -0.217. The highest BCUT2D eigenvalue weighted by Crippen LogP contribution is 2.14. The lowest BCUT2D eigenvalue weighted by Gasteiger charge is -2.18. The third-order valence-electron chi connectivity index (χ3n) is 1.95. The number of carbonyl (C=O) groups excluding carboxylic acids is 2. The molecule has 0 radical (unpaired) electrons. The van der Waals surface area contributed by atoms with E-state index in [1.54, 1.807) is 4.90 Å². The van der Waals surface area contributed by atoms with Crippen LogP contribution in [0, 0.1) is 0 Å². The van der Waals surface area contributed by atoms with E-state index in [9.17, 15) is 9.59 Å². The first-order chi connectivity index (χ1) is 7.29. The van der Waals surface area contributed by atoms with Gasteiger partial charge in [0.25, 0.3) is 0 Å². The molecule has 1 heterocycles. The molecular weight excluding hydrogens is 194 g/mol. The summed E-state index contributed by atoms with van der Waals surface area (Å²) in [6.45, 7) is 4.68. The van der Waals surface area contributed by atoms with Crippen LogP contribution < -0.4 is 11.5 Å². The van der Waals surface area contributed by atoms with E-state index in [0.29, 0.717) is 6.54 Å². The second kappa shape index (κ2) is 11.1. The van der Waals surface area contributed by atoms with E-state index in [1.807, 2.05) is 13.8 Å². The Morgan fingerprint density at radius 2 is 2.00 bits per heavy atom. The fourth-order valence-electron chi connectivity index (χ4n) is 1.36. The summed E-state index contributed by atoms with van der Waals surface area (Å²) >= 11 is 0. The van der Waals surface area contributed by atoms with E-state index in [1.165, 1.54) is 7.05 Å². The molecule has 0 saturated carbocycles. The second-order valence-corrected chi connectivity index (χ2v) is 2.64. The minimum atomic E-state index is -0.217. The number of likely N-dealkylation sites (tertiary alicyclic amines) is 1. The molecule has 1 atom stereocenters. The largest absolute Gasteiger partial charge is 0.333 e. The summed E-state index contributed by atoms with van der Waals surface area (Å²) in [5, 5.41) is 0. The highest BCUT2D eigenvalue weighted by atomic mass is 16.2. The van der Waals surface area contributed by atoms with Crippen molar-refractivity contribution < 1.29 is 9.59 Å². The average molecular weight is 217 g/mol. The van der Waals surface area contributed by atoms with Crippen molar-refractivity contribution >= 4 is 12.2 Å². The van der Waals surface area contributed by atoms with E-state index >= 15 is 0 Å². The Morgan fingerprint density at radius 3 is 2.40 bits per heavy atom. The monoisotopic (exact) mass is 217 g/mol. The predicted molar refractivity (Wildman–Crippen MR) is 61.3 cm³/mol.